The van der Waals surface area contributed by atoms with Crippen molar-refractivity contribution in [3.8, 4) is 17.6 Å². The fraction of sp³-hybridized carbons (Fsp3) is 0.292. The number of nitrogens with one attached hydrogen (secondary N) is 1. The van der Waals surface area contributed by atoms with Gasteiger partial charge in [-0.3, -0.25) is 4.79 Å². The molecule has 1 aromatic heterocycles. The minimum Gasteiger partial charge on any atom is -0.493 e. The third kappa shape index (κ3) is 5.28. The average Bonchev–Trinajstić information content (AvgIpc) is 2.79. The normalized spacial score (nSPS) is 10.5. The first-order valence-electron chi connectivity index (χ1n) is 9.88. The largest absolute Gasteiger partial charge is 0.493 e. The molecule has 7 heteroatoms. The zero-order chi connectivity index (χ0) is 22.4. The van der Waals surface area contributed by atoms with Crippen molar-refractivity contribution in [2.24, 2.45) is 0 Å². The van der Waals surface area contributed by atoms with Crippen LogP contribution in [0.2, 0.25) is 0 Å². The van der Waals surface area contributed by atoms with Crippen LogP contribution in [0.15, 0.2) is 41.4 Å². The molecule has 0 aliphatic heterocycles. The van der Waals surface area contributed by atoms with E-state index in [2.05, 4.69) is 16.4 Å². The summed E-state index contributed by atoms with van der Waals surface area (Å²) in [5.74, 6) is 1.44. The van der Waals surface area contributed by atoms with E-state index in [-0.39, 0.29) is 11.7 Å². The van der Waals surface area contributed by atoms with Crippen LogP contribution in [-0.4, -0.2) is 37.4 Å². The van der Waals surface area contributed by atoms with Crippen LogP contribution in [0.1, 0.15) is 22.3 Å². The topological polar surface area (TPSA) is 84.2 Å². The summed E-state index contributed by atoms with van der Waals surface area (Å²) in [6, 6.07) is 13.8. The Morgan fingerprint density at radius 3 is 2.55 bits per heavy atom. The molecular weight excluding hydrogens is 410 g/mol. The van der Waals surface area contributed by atoms with Gasteiger partial charge in [-0.15, -0.1) is 0 Å². The monoisotopic (exact) mass is 435 g/mol. The van der Waals surface area contributed by atoms with E-state index in [1.165, 1.54) is 11.8 Å². The van der Waals surface area contributed by atoms with Crippen LogP contribution in [0, 0.1) is 25.2 Å². The van der Waals surface area contributed by atoms with Crippen molar-refractivity contribution in [1.29, 1.82) is 5.26 Å². The Morgan fingerprint density at radius 1 is 1.10 bits per heavy atom. The molecule has 0 saturated heterocycles. The van der Waals surface area contributed by atoms with E-state index in [9.17, 15) is 10.1 Å². The maximum Gasteiger partial charge on any atom is 0.230 e. The second kappa shape index (κ2) is 10.2. The predicted molar refractivity (Wildman–Crippen MR) is 123 cm³/mol. The van der Waals surface area contributed by atoms with Gasteiger partial charge in [-0.1, -0.05) is 30.0 Å². The highest BCUT2D eigenvalue weighted by Gasteiger charge is 2.13. The molecule has 160 valence electrons. The number of thioether (sulfide) groups is 1. The molecule has 3 aromatic rings. The number of aromatic nitrogens is 1. The number of rotatable bonds is 8. The zero-order valence-corrected chi connectivity index (χ0v) is 18.9. The summed E-state index contributed by atoms with van der Waals surface area (Å²) in [6.07, 6.45) is 0.674. The molecule has 3 rings (SSSR count). The van der Waals surface area contributed by atoms with E-state index in [1.54, 1.807) is 14.2 Å². The number of fused-ring (bicyclic) bond motifs is 1. The predicted octanol–water partition coefficient (Wildman–Crippen LogP) is 4.19. The molecule has 0 atom stereocenters. The van der Waals surface area contributed by atoms with Gasteiger partial charge in [-0.05, 0) is 55.2 Å². The molecule has 0 aliphatic carbocycles. The van der Waals surface area contributed by atoms with Crippen LogP contribution in [0.25, 0.3) is 10.9 Å². The van der Waals surface area contributed by atoms with Gasteiger partial charge in [-0.25, -0.2) is 4.98 Å². The lowest BCUT2D eigenvalue weighted by Gasteiger charge is -2.11. The summed E-state index contributed by atoms with van der Waals surface area (Å²) < 4.78 is 10.6. The van der Waals surface area contributed by atoms with Crippen LogP contribution in [0.4, 0.5) is 0 Å². The number of benzene rings is 2. The average molecular weight is 436 g/mol. The molecule has 1 heterocycles. The summed E-state index contributed by atoms with van der Waals surface area (Å²) >= 11 is 1.28. The van der Waals surface area contributed by atoms with Gasteiger partial charge in [0, 0.05) is 11.9 Å². The molecule has 0 fully saturated rings. The number of amides is 1. The second-order valence-corrected chi connectivity index (χ2v) is 8.09. The van der Waals surface area contributed by atoms with Crippen molar-refractivity contribution in [1.82, 2.24) is 10.3 Å². The molecule has 31 heavy (non-hydrogen) atoms. The number of carbonyl (C=O) groups excluding carboxylic acids is 1. The molecule has 1 amide bonds. The van der Waals surface area contributed by atoms with Gasteiger partial charge in [-0.2, -0.15) is 5.26 Å². The van der Waals surface area contributed by atoms with Gasteiger partial charge in [0.25, 0.3) is 0 Å². The summed E-state index contributed by atoms with van der Waals surface area (Å²) in [5.41, 5.74) is 4.53. The van der Waals surface area contributed by atoms with Crippen molar-refractivity contribution < 1.29 is 14.3 Å². The number of aryl methyl sites for hydroxylation is 2. The molecular formula is C24H25N3O3S. The number of hydrogen-bond donors (Lipinski definition) is 1. The Labute approximate surface area is 186 Å². The van der Waals surface area contributed by atoms with E-state index in [4.69, 9.17) is 9.47 Å². The molecule has 6 nitrogen and oxygen atoms in total. The highest BCUT2D eigenvalue weighted by molar-refractivity contribution is 8.00. The van der Waals surface area contributed by atoms with Gasteiger partial charge in [0.2, 0.25) is 5.91 Å². The standard InChI is InChI=1S/C24H25N3O3S/c1-15-5-6-16(2)23-19(15)12-18(13-25)24(27-23)31-14-22(28)26-10-9-17-7-8-20(29-3)21(11-17)30-4/h5-8,11-12H,9-10,14H2,1-4H3,(H,26,28). The lowest BCUT2D eigenvalue weighted by molar-refractivity contribution is -0.118. The van der Waals surface area contributed by atoms with E-state index in [0.717, 1.165) is 27.6 Å². The summed E-state index contributed by atoms with van der Waals surface area (Å²) in [4.78, 5) is 17.0. The van der Waals surface area contributed by atoms with Crippen molar-refractivity contribution in [3.63, 3.8) is 0 Å². The Balaban J connectivity index is 1.60. The Hall–Kier alpha value is -3.24. The lowest BCUT2D eigenvalue weighted by atomic mass is 10.0. The van der Waals surface area contributed by atoms with Crippen molar-refractivity contribution in [3.05, 3.63) is 58.7 Å². The number of hydrogen-bond acceptors (Lipinski definition) is 6. The van der Waals surface area contributed by atoms with Gasteiger partial charge >= 0.3 is 0 Å². The number of methoxy groups -OCH3 is 2. The van der Waals surface area contributed by atoms with Crippen LogP contribution in [0.3, 0.4) is 0 Å². The molecule has 0 unspecified atom stereocenters. The van der Waals surface area contributed by atoms with E-state index < -0.39 is 0 Å². The number of nitriles is 1. The quantitative estimate of drug-likeness (QED) is 0.534. The Bertz CT molecular complexity index is 1150. The highest BCUT2D eigenvalue weighted by atomic mass is 32.2. The first-order chi connectivity index (χ1) is 15.0. The van der Waals surface area contributed by atoms with Crippen LogP contribution < -0.4 is 14.8 Å². The van der Waals surface area contributed by atoms with Crippen LogP contribution in [0.5, 0.6) is 11.5 Å². The fourth-order valence-electron chi connectivity index (χ4n) is 3.27. The number of ether oxygens (including phenoxy) is 2. The fourth-order valence-corrected chi connectivity index (χ4v) is 4.06. The third-order valence-corrected chi connectivity index (χ3v) is 6.00. The van der Waals surface area contributed by atoms with E-state index >= 15 is 0 Å². The Morgan fingerprint density at radius 2 is 1.84 bits per heavy atom. The molecule has 0 saturated carbocycles. The number of nitrogens with zero attached hydrogens (tertiary/aromatic N) is 2. The number of pyridine rings is 1. The minimum atomic E-state index is -0.0998. The van der Waals surface area contributed by atoms with Crippen molar-refractivity contribution >= 4 is 28.6 Å². The lowest BCUT2D eigenvalue weighted by Crippen LogP contribution is -2.27. The molecule has 0 spiro atoms. The maximum absolute atomic E-state index is 12.3. The summed E-state index contributed by atoms with van der Waals surface area (Å²) in [6.45, 7) is 4.50. The third-order valence-electron chi connectivity index (χ3n) is 5.01. The van der Waals surface area contributed by atoms with Gasteiger partial charge in [0.15, 0.2) is 11.5 Å². The molecule has 0 aliphatic rings. The molecule has 1 N–H and O–H groups in total. The number of carbonyl (C=O) groups is 1. The maximum atomic E-state index is 12.3. The zero-order valence-electron chi connectivity index (χ0n) is 18.1. The summed E-state index contributed by atoms with van der Waals surface area (Å²) in [5, 5.41) is 14.0. The smallest absolute Gasteiger partial charge is 0.230 e. The minimum absolute atomic E-state index is 0.0998. The van der Waals surface area contributed by atoms with Gasteiger partial charge in [0.05, 0.1) is 31.1 Å². The molecule has 0 bridgehead atoms. The van der Waals surface area contributed by atoms with Gasteiger partial charge in [0.1, 0.15) is 11.1 Å². The van der Waals surface area contributed by atoms with Crippen LogP contribution in [-0.2, 0) is 11.2 Å². The Kier molecular flexibility index (Phi) is 7.37. The first-order valence-corrected chi connectivity index (χ1v) is 10.9. The van der Waals surface area contributed by atoms with Gasteiger partial charge < -0.3 is 14.8 Å². The van der Waals surface area contributed by atoms with E-state index in [1.807, 2.05) is 50.2 Å². The van der Waals surface area contributed by atoms with E-state index in [0.29, 0.717) is 35.1 Å². The highest BCUT2D eigenvalue weighted by Crippen LogP contribution is 2.29. The molecule has 2 aromatic carbocycles. The second-order valence-electron chi connectivity index (χ2n) is 7.13. The van der Waals surface area contributed by atoms with Crippen molar-refractivity contribution in [2.75, 3.05) is 26.5 Å². The molecule has 0 radical (unpaired) electrons. The first kappa shape index (κ1) is 22.4. The van der Waals surface area contributed by atoms with Crippen molar-refractivity contribution in [2.45, 2.75) is 25.3 Å². The van der Waals surface area contributed by atoms with Crippen LogP contribution >= 0.6 is 11.8 Å². The SMILES string of the molecule is COc1ccc(CCNC(=O)CSc2nc3c(C)ccc(C)c3cc2C#N)cc1OC. The summed E-state index contributed by atoms with van der Waals surface area (Å²) in [7, 11) is 3.19.